The third-order valence-corrected chi connectivity index (χ3v) is 5.24. The summed E-state index contributed by atoms with van der Waals surface area (Å²) in [4.78, 5) is 0. The minimum atomic E-state index is 0.904. The Labute approximate surface area is 187 Å². The Morgan fingerprint density at radius 2 is 1.71 bits per heavy atom. The first kappa shape index (κ1) is 22.1. The number of hydrogen-bond acceptors (Lipinski definition) is 1. The van der Waals surface area contributed by atoms with E-state index in [1.165, 1.54) is 27.8 Å². The van der Waals surface area contributed by atoms with Crippen molar-refractivity contribution in [3.05, 3.63) is 143 Å². The molecule has 0 aliphatic carbocycles. The molecule has 1 heterocycles. The molecule has 156 valence electrons. The van der Waals surface area contributed by atoms with E-state index < -0.39 is 0 Å². The largest absolute Gasteiger partial charge is 0.355 e. The van der Waals surface area contributed by atoms with Gasteiger partial charge in [-0.3, -0.25) is 0 Å². The topological polar surface area (TPSA) is 12.0 Å². The Hall–Kier alpha value is -3.58. The number of benzene rings is 2. The molecule has 1 aliphatic rings. The lowest BCUT2D eigenvalue weighted by atomic mass is 9.83. The fraction of sp³-hybridized carbons (Fsp3) is 0.133. The van der Waals surface area contributed by atoms with Crippen LogP contribution in [-0.4, -0.2) is 0 Å². The van der Waals surface area contributed by atoms with Gasteiger partial charge in [0, 0.05) is 28.1 Å². The van der Waals surface area contributed by atoms with Crippen molar-refractivity contribution >= 4 is 11.3 Å². The molecular formula is C30H31N. The zero-order valence-electron chi connectivity index (χ0n) is 19.0. The third kappa shape index (κ3) is 5.13. The molecule has 0 amide bonds. The molecule has 1 N–H and O–H groups in total. The van der Waals surface area contributed by atoms with E-state index in [9.17, 15) is 0 Å². The SMILES string of the molecule is C=CC(/C=C/C(=C/C)C1=C(c2ccccc2)c2cc(C)ccc2NC1=C)=C\C=C(C)C. The summed E-state index contributed by atoms with van der Waals surface area (Å²) in [6.07, 6.45) is 12.5. The molecule has 0 aromatic heterocycles. The molecule has 2 aromatic carbocycles. The van der Waals surface area contributed by atoms with Crippen LogP contribution in [0.2, 0.25) is 0 Å². The Kier molecular flexibility index (Phi) is 7.10. The van der Waals surface area contributed by atoms with Gasteiger partial charge < -0.3 is 5.32 Å². The first-order valence-electron chi connectivity index (χ1n) is 10.6. The van der Waals surface area contributed by atoms with Crippen LogP contribution in [0.25, 0.3) is 5.57 Å². The summed E-state index contributed by atoms with van der Waals surface area (Å²) in [5, 5.41) is 3.52. The van der Waals surface area contributed by atoms with E-state index >= 15 is 0 Å². The van der Waals surface area contributed by atoms with Gasteiger partial charge in [-0.15, -0.1) is 0 Å². The first-order chi connectivity index (χ1) is 14.9. The molecule has 0 radical (unpaired) electrons. The van der Waals surface area contributed by atoms with Crippen LogP contribution in [0.4, 0.5) is 5.69 Å². The Morgan fingerprint density at radius 1 is 0.968 bits per heavy atom. The molecule has 0 saturated heterocycles. The van der Waals surface area contributed by atoms with Crippen molar-refractivity contribution < 1.29 is 0 Å². The quantitative estimate of drug-likeness (QED) is 0.476. The average molecular weight is 406 g/mol. The summed E-state index contributed by atoms with van der Waals surface area (Å²) in [5.74, 6) is 0. The normalized spacial score (nSPS) is 14.4. The second kappa shape index (κ2) is 9.95. The summed E-state index contributed by atoms with van der Waals surface area (Å²) < 4.78 is 0. The molecule has 3 rings (SSSR count). The fourth-order valence-corrected chi connectivity index (χ4v) is 3.67. The highest BCUT2D eigenvalue weighted by Gasteiger charge is 2.24. The number of nitrogens with one attached hydrogen (secondary N) is 1. The van der Waals surface area contributed by atoms with E-state index in [4.69, 9.17) is 0 Å². The van der Waals surface area contributed by atoms with Crippen molar-refractivity contribution in [2.75, 3.05) is 5.32 Å². The molecule has 0 atom stereocenters. The fourth-order valence-electron chi connectivity index (χ4n) is 3.67. The van der Waals surface area contributed by atoms with Crippen LogP contribution >= 0.6 is 0 Å². The van der Waals surface area contributed by atoms with Gasteiger partial charge in [0.25, 0.3) is 0 Å². The van der Waals surface area contributed by atoms with Crippen LogP contribution < -0.4 is 5.32 Å². The van der Waals surface area contributed by atoms with Gasteiger partial charge in [-0.1, -0.05) is 97.1 Å². The second-order valence-electron chi connectivity index (χ2n) is 7.96. The van der Waals surface area contributed by atoms with E-state index in [0.29, 0.717) is 0 Å². The lowest BCUT2D eigenvalue weighted by Crippen LogP contribution is -2.14. The number of hydrogen-bond donors (Lipinski definition) is 1. The highest BCUT2D eigenvalue weighted by Crippen LogP contribution is 2.42. The molecule has 0 fully saturated rings. The molecular weight excluding hydrogens is 374 g/mol. The molecule has 0 saturated carbocycles. The van der Waals surface area contributed by atoms with E-state index in [1.807, 2.05) is 6.08 Å². The average Bonchev–Trinajstić information content (AvgIpc) is 2.76. The van der Waals surface area contributed by atoms with Gasteiger partial charge in [-0.25, -0.2) is 0 Å². The van der Waals surface area contributed by atoms with Crippen molar-refractivity contribution in [3.63, 3.8) is 0 Å². The van der Waals surface area contributed by atoms with Crippen LogP contribution in [0.1, 0.15) is 37.5 Å². The maximum atomic E-state index is 4.38. The highest BCUT2D eigenvalue weighted by molar-refractivity contribution is 5.96. The molecule has 0 unspecified atom stereocenters. The predicted molar refractivity (Wildman–Crippen MR) is 137 cm³/mol. The Morgan fingerprint density at radius 3 is 2.35 bits per heavy atom. The number of allylic oxidation sites excluding steroid dienone is 9. The van der Waals surface area contributed by atoms with Crippen LogP contribution in [0.5, 0.6) is 0 Å². The van der Waals surface area contributed by atoms with E-state index in [0.717, 1.165) is 28.1 Å². The number of aryl methyl sites for hydroxylation is 1. The standard InChI is InChI=1S/C30H31N/c1-7-24(16-14-21(3)4)17-18-25(8-2)29-23(6)31-28-19-15-22(5)20-27(28)30(29)26-12-10-9-11-13-26/h7-20,31H,1,6H2,2-5H3/b18-17+,24-16+,25-8-. The van der Waals surface area contributed by atoms with E-state index in [1.54, 1.807) is 0 Å². The maximum Gasteiger partial charge on any atom is 0.0464 e. The third-order valence-electron chi connectivity index (χ3n) is 5.24. The zero-order valence-corrected chi connectivity index (χ0v) is 19.0. The molecule has 0 spiro atoms. The van der Waals surface area contributed by atoms with E-state index in [-0.39, 0.29) is 0 Å². The minimum absolute atomic E-state index is 0.904. The molecule has 1 nitrogen and oxygen atoms in total. The summed E-state index contributed by atoms with van der Waals surface area (Å²) in [5.41, 5.74) is 11.4. The maximum absolute atomic E-state index is 4.38. The highest BCUT2D eigenvalue weighted by atomic mass is 14.9. The monoisotopic (exact) mass is 405 g/mol. The van der Waals surface area contributed by atoms with Crippen LogP contribution in [0, 0.1) is 6.92 Å². The van der Waals surface area contributed by atoms with Gasteiger partial charge >= 0.3 is 0 Å². The lowest BCUT2D eigenvalue weighted by molar-refractivity contribution is 1.30. The minimum Gasteiger partial charge on any atom is -0.355 e. The predicted octanol–water partition coefficient (Wildman–Crippen LogP) is 8.32. The van der Waals surface area contributed by atoms with Gasteiger partial charge in [0.05, 0.1) is 0 Å². The van der Waals surface area contributed by atoms with Gasteiger partial charge in [0.1, 0.15) is 0 Å². The molecule has 1 heteroatoms. The molecule has 0 bridgehead atoms. The summed E-state index contributed by atoms with van der Waals surface area (Å²) >= 11 is 0. The van der Waals surface area contributed by atoms with E-state index in [2.05, 4.69) is 125 Å². The number of fused-ring (bicyclic) bond motifs is 1. The molecule has 2 aromatic rings. The van der Waals surface area contributed by atoms with Crippen molar-refractivity contribution in [1.29, 1.82) is 0 Å². The van der Waals surface area contributed by atoms with Crippen LogP contribution in [-0.2, 0) is 0 Å². The van der Waals surface area contributed by atoms with Crippen molar-refractivity contribution in [2.45, 2.75) is 27.7 Å². The zero-order chi connectivity index (χ0) is 22.4. The van der Waals surface area contributed by atoms with Gasteiger partial charge in [0.15, 0.2) is 0 Å². The Balaban J connectivity index is 2.21. The van der Waals surface area contributed by atoms with Crippen molar-refractivity contribution in [1.82, 2.24) is 0 Å². The Bertz CT molecular complexity index is 1140. The van der Waals surface area contributed by atoms with Crippen molar-refractivity contribution in [2.24, 2.45) is 0 Å². The van der Waals surface area contributed by atoms with Gasteiger partial charge in [-0.05, 0) is 56.5 Å². The smallest absolute Gasteiger partial charge is 0.0464 e. The van der Waals surface area contributed by atoms with Gasteiger partial charge in [-0.2, -0.15) is 0 Å². The summed E-state index contributed by atoms with van der Waals surface area (Å²) in [7, 11) is 0. The first-order valence-corrected chi connectivity index (χ1v) is 10.6. The van der Waals surface area contributed by atoms with Crippen LogP contribution in [0.3, 0.4) is 0 Å². The van der Waals surface area contributed by atoms with Gasteiger partial charge in [0.2, 0.25) is 0 Å². The molecule has 1 aliphatic heterocycles. The van der Waals surface area contributed by atoms with Crippen molar-refractivity contribution in [3.8, 4) is 0 Å². The summed E-state index contributed by atoms with van der Waals surface area (Å²) in [6, 6.07) is 17.1. The second-order valence-corrected chi connectivity index (χ2v) is 7.96. The number of anilines is 1. The van der Waals surface area contributed by atoms with Crippen LogP contribution in [0.15, 0.2) is 126 Å². The summed E-state index contributed by atoms with van der Waals surface area (Å²) in [6.45, 7) is 16.7. The number of rotatable bonds is 6. The molecule has 31 heavy (non-hydrogen) atoms. The lowest BCUT2D eigenvalue weighted by Gasteiger charge is -2.28.